The minimum Gasteiger partial charge on any atom is -0.503 e. The van der Waals surface area contributed by atoms with Crippen LogP contribution >= 0.6 is 0 Å². The van der Waals surface area contributed by atoms with E-state index in [4.69, 9.17) is 23.7 Å². The average Bonchev–Trinajstić information content (AvgIpc) is 2.92. The first-order valence-electron chi connectivity index (χ1n) is 12.2. The van der Waals surface area contributed by atoms with Gasteiger partial charge < -0.3 is 34.1 Å². The molecule has 1 aromatic heterocycles. The number of ether oxygens (including phenoxy) is 5. The van der Waals surface area contributed by atoms with Gasteiger partial charge in [-0.1, -0.05) is 13.8 Å². The number of aromatic nitrogens is 1. The Hall–Kier alpha value is -3.58. The lowest BCUT2D eigenvalue weighted by Gasteiger charge is -2.31. The van der Waals surface area contributed by atoms with Crippen LogP contribution in [0.1, 0.15) is 36.8 Å². The van der Waals surface area contributed by atoms with Crippen LogP contribution in [0.25, 0.3) is 0 Å². The Morgan fingerprint density at radius 1 is 1.21 bits per heavy atom. The number of esters is 1. The van der Waals surface area contributed by atoms with Gasteiger partial charge in [0.15, 0.2) is 29.3 Å². The van der Waals surface area contributed by atoms with Crippen molar-refractivity contribution in [2.45, 2.75) is 51.3 Å². The van der Waals surface area contributed by atoms with Crippen LogP contribution in [0, 0.1) is 5.92 Å². The number of cyclic esters (lactones) is 1. The Morgan fingerprint density at radius 3 is 2.51 bits per heavy atom. The Bertz CT molecular complexity index is 1130. The maximum atomic E-state index is 13.0. The molecule has 1 aliphatic heterocycles. The summed E-state index contributed by atoms with van der Waals surface area (Å²) in [4.78, 5) is 29.6. The standard InChI is InChI=1S/C26H31F3N2O8/c1-14(2)11-37-20-13-36-12-18(31-24(33)21-22(32)19(35-4)9-10-30-21)25(34)38-15(3)23(20)39-17-7-5-16(6-8-17)26(27,28)29/h5-10,14-15,18,20,23,32H,11-13H2,1-4H3,(H,31,33)/t15-,18-,20-,23-/m0/s1. The number of nitrogens with one attached hydrogen (secondary N) is 1. The second kappa shape index (κ2) is 13.0. The molecule has 2 N–H and O–H groups in total. The number of rotatable bonds is 8. The van der Waals surface area contributed by atoms with Gasteiger partial charge in [-0.3, -0.25) is 4.79 Å². The van der Waals surface area contributed by atoms with E-state index in [9.17, 15) is 27.9 Å². The largest absolute Gasteiger partial charge is 0.503 e. The zero-order chi connectivity index (χ0) is 28.7. The molecule has 0 saturated carbocycles. The second-order valence-corrected chi connectivity index (χ2v) is 9.29. The lowest BCUT2D eigenvalue weighted by Crippen LogP contribution is -2.48. The highest BCUT2D eigenvalue weighted by atomic mass is 19.4. The third kappa shape index (κ3) is 7.96. The molecule has 0 bridgehead atoms. The normalized spacial score (nSPS) is 22.3. The molecule has 0 unspecified atom stereocenters. The molecular weight excluding hydrogens is 525 g/mol. The van der Waals surface area contributed by atoms with Crippen LogP contribution in [-0.4, -0.2) is 73.3 Å². The highest BCUT2D eigenvalue weighted by molar-refractivity contribution is 5.98. The molecule has 1 saturated heterocycles. The van der Waals surface area contributed by atoms with E-state index in [0.717, 1.165) is 12.1 Å². The molecule has 2 heterocycles. The Balaban J connectivity index is 1.80. The third-order valence-corrected chi connectivity index (χ3v) is 5.71. The molecule has 1 aliphatic rings. The van der Waals surface area contributed by atoms with Crippen LogP contribution in [0.15, 0.2) is 36.5 Å². The van der Waals surface area contributed by atoms with Gasteiger partial charge in [-0.15, -0.1) is 0 Å². The molecular formula is C26H31F3N2O8. The summed E-state index contributed by atoms with van der Waals surface area (Å²) in [5.41, 5.74) is -1.20. The summed E-state index contributed by atoms with van der Waals surface area (Å²) >= 11 is 0. The molecule has 0 radical (unpaired) electrons. The Kier molecular flexibility index (Phi) is 9.97. The molecule has 0 spiro atoms. The number of halogens is 3. The number of hydrogen-bond acceptors (Lipinski definition) is 9. The maximum Gasteiger partial charge on any atom is 0.416 e. The number of hydrogen-bond donors (Lipinski definition) is 2. The monoisotopic (exact) mass is 556 g/mol. The van der Waals surface area contributed by atoms with Crippen LogP contribution in [0.4, 0.5) is 13.2 Å². The number of pyridine rings is 1. The number of carbonyl (C=O) groups excluding carboxylic acids is 2. The number of amides is 1. The number of carbonyl (C=O) groups is 2. The molecule has 39 heavy (non-hydrogen) atoms. The Morgan fingerprint density at radius 2 is 1.90 bits per heavy atom. The fraction of sp³-hybridized carbons (Fsp3) is 0.500. The van der Waals surface area contributed by atoms with Crippen molar-refractivity contribution in [3.05, 3.63) is 47.8 Å². The van der Waals surface area contributed by atoms with Crippen LogP contribution in [0.5, 0.6) is 17.2 Å². The van der Waals surface area contributed by atoms with Crippen molar-refractivity contribution in [3.63, 3.8) is 0 Å². The fourth-order valence-electron chi connectivity index (χ4n) is 3.70. The third-order valence-electron chi connectivity index (χ3n) is 5.71. The van der Waals surface area contributed by atoms with Gasteiger partial charge in [0.2, 0.25) is 0 Å². The molecule has 0 aliphatic carbocycles. The van der Waals surface area contributed by atoms with E-state index in [0.29, 0.717) is 6.61 Å². The van der Waals surface area contributed by atoms with E-state index in [2.05, 4.69) is 10.3 Å². The van der Waals surface area contributed by atoms with Crippen molar-refractivity contribution in [2.75, 3.05) is 26.9 Å². The highest BCUT2D eigenvalue weighted by Crippen LogP contribution is 2.31. The molecule has 1 fully saturated rings. The first-order valence-corrected chi connectivity index (χ1v) is 12.2. The minimum atomic E-state index is -4.51. The van der Waals surface area contributed by atoms with Crippen molar-refractivity contribution in [1.29, 1.82) is 0 Å². The lowest BCUT2D eigenvalue weighted by atomic mass is 10.1. The van der Waals surface area contributed by atoms with Gasteiger partial charge in [0.1, 0.15) is 18.0 Å². The van der Waals surface area contributed by atoms with Gasteiger partial charge >= 0.3 is 12.1 Å². The molecule has 2 aromatic rings. The van der Waals surface area contributed by atoms with Gasteiger partial charge in [0.05, 0.1) is 25.9 Å². The van der Waals surface area contributed by atoms with E-state index in [1.807, 2.05) is 13.8 Å². The summed E-state index contributed by atoms with van der Waals surface area (Å²) < 4.78 is 67.1. The smallest absolute Gasteiger partial charge is 0.416 e. The van der Waals surface area contributed by atoms with Gasteiger partial charge in [-0.25, -0.2) is 9.78 Å². The molecule has 10 nitrogen and oxygen atoms in total. The second-order valence-electron chi connectivity index (χ2n) is 9.29. The number of nitrogens with zero attached hydrogens (tertiary/aromatic N) is 1. The van der Waals surface area contributed by atoms with Crippen molar-refractivity contribution in [3.8, 4) is 17.2 Å². The van der Waals surface area contributed by atoms with Crippen LogP contribution in [-0.2, 0) is 25.2 Å². The van der Waals surface area contributed by atoms with Gasteiger partial charge in [-0.05, 0) is 37.1 Å². The van der Waals surface area contributed by atoms with E-state index in [1.165, 1.54) is 38.4 Å². The van der Waals surface area contributed by atoms with Crippen LogP contribution in [0.2, 0.25) is 0 Å². The number of aromatic hydroxyl groups is 1. The van der Waals surface area contributed by atoms with E-state index >= 15 is 0 Å². The topological polar surface area (TPSA) is 125 Å². The number of benzene rings is 1. The summed E-state index contributed by atoms with van der Waals surface area (Å²) in [6.45, 7) is 5.34. The van der Waals surface area contributed by atoms with Crippen LogP contribution in [0.3, 0.4) is 0 Å². The summed E-state index contributed by atoms with van der Waals surface area (Å²) in [5.74, 6) is -1.96. The molecule has 13 heteroatoms. The summed E-state index contributed by atoms with van der Waals surface area (Å²) in [5, 5.41) is 12.7. The first-order chi connectivity index (χ1) is 18.4. The summed E-state index contributed by atoms with van der Waals surface area (Å²) in [6.07, 6.45) is -5.93. The van der Waals surface area contributed by atoms with Crippen molar-refractivity contribution < 1.29 is 51.6 Å². The van der Waals surface area contributed by atoms with Gasteiger partial charge in [0.25, 0.3) is 5.91 Å². The van der Waals surface area contributed by atoms with E-state index in [1.54, 1.807) is 0 Å². The molecule has 214 valence electrons. The average molecular weight is 557 g/mol. The van der Waals surface area contributed by atoms with Crippen molar-refractivity contribution in [1.82, 2.24) is 10.3 Å². The first kappa shape index (κ1) is 30.0. The van der Waals surface area contributed by atoms with Gasteiger partial charge in [-0.2, -0.15) is 13.2 Å². The molecule has 3 rings (SSSR count). The Labute approximate surface area is 223 Å². The summed E-state index contributed by atoms with van der Waals surface area (Å²) in [6, 6.07) is 4.19. The predicted molar refractivity (Wildman–Crippen MR) is 131 cm³/mol. The van der Waals surface area contributed by atoms with Gasteiger partial charge in [0, 0.05) is 18.9 Å². The zero-order valence-corrected chi connectivity index (χ0v) is 21.9. The fourth-order valence-corrected chi connectivity index (χ4v) is 3.70. The van der Waals surface area contributed by atoms with Crippen molar-refractivity contribution in [2.24, 2.45) is 5.92 Å². The van der Waals surface area contributed by atoms with E-state index in [-0.39, 0.29) is 36.3 Å². The van der Waals surface area contributed by atoms with Crippen LogP contribution < -0.4 is 14.8 Å². The lowest BCUT2D eigenvalue weighted by molar-refractivity contribution is -0.159. The SMILES string of the molecule is COc1ccnc(C(=O)N[C@H]2COC[C@H](OCC(C)C)[C@@H](Oc3ccc(C(F)(F)F)cc3)[C@H](C)OC2=O)c1O. The quantitative estimate of drug-likeness (QED) is 0.471. The summed E-state index contributed by atoms with van der Waals surface area (Å²) in [7, 11) is 1.31. The molecule has 1 aromatic carbocycles. The predicted octanol–water partition coefficient (Wildman–Crippen LogP) is 3.36. The zero-order valence-electron chi connectivity index (χ0n) is 21.9. The van der Waals surface area contributed by atoms with E-state index < -0.39 is 53.7 Å². The minimum absolute atomic E-state index is 0.0189. The maximum absolute atomic E-state index is 13.0. The number of alkyl halides is 3. The molecule has 1 amide bonds. The molecule has 4 atom stereocenters. The highest BCUT2D eigenvalue weighted by Gasteiger charge is 2.38. The number of methoxy groups -OCH3 is 1. The van der Waals surface area contributed by atoms with Crippen molar-refractivity contribution >= 4 is 11.9 Å².